The van der Waals surface area contributed by atoms with Gasteiger partial charge in [-0.15, -0.1) is 0 Å². The van der Waals surface area contributed by atoms with Gasteiger partial charge in [0.05, 0.1) is 19.0 Å². The lowest BCUT2D eigenvalue weighted by Crippen LogP contribution is -2.13. The summed E-state index contributed by atoms with van der Waals surface area (Å²) in [4.78, 5) is 17.2. The number of alkyl halides is 4. The van der Waals surface area contributed by atoms with Crippen molar-refractivity contribution in [1.29, 1.82) is 0 Å². The van der Waals surface area contributed by atoms with Crippen molar-refractivity contribution in [3.05, 3.63) is 71.8 Å². The van der Waals surface area contributed by atoms with E-state index in [0.717, 1.165) is 28.9 Å². The minimum atomic E-state index is -3.07. The first-order chi connectivity index (χ1) is 16.3. The molecule has 34 heavy (non-hydrogen) atoms. The number of rotatable bonds is 7. The van der Waals surface area contributed by atoms with Crippen molar-refractivity contribution in [1.82, 2.24) is 14.6 Å². The Morgan fingerprint density at radius 3 is 2.41 bits per heavy atom. The molecule has 0 aliphatic rings. The number of amides is 1. The largest absolute Gasteiger partial charge is 0.493 e. The molecule has 7 nitrogen and oxygen atoms in total. The average molecular weight is 478 g/mol. The Morgan fingerprint density at radius 1 is 1.03 bits per heavy atom. The number of halogens is 5. The van der Waals surface area contributed by atoms with Gasteiger partial charge in [-0.2, -0.15) is 13.9 Å². The second-order valence-corrected chi connectivity index (χ2v) is 6.87. The van der Waals surface area contributed by atoms with Crippen LogP contribution in [0.5, 0.6) is 11.5 Å². The SMILES string of the molecule is COc1cc(NC(=O)c2cnn3c(C(F)F)cc(-c4ccc(F)cc4)nc23)ccc1OC(F)F. The van der Waals surface area contributed by atoms with Crippen LogP contribution >= 0.6 is 0 Å². The van der Waals surface area contributed by atoms with E-state index in [0.29, 0.717) is 5.56 Å². The lowest BCUT2D eigenvalue weighted by atomic mass is 10.1. The number of ether oxygens (including phenoxy) is 2. The number of anilines is 1. The summed E-state index contributed by atoms with van der Waals surface area (Å²) < 4.78 is 75.9. The van der Waals surface area contributed by atoms with Crippen LogP contribution in [0, 0.1) is 5.82 Å². The Balaban J connectivity index is 1.71. The van der Waals surface area contributed by atoms with Gasteiger partial charge in [0.15, 0.2) is 17.1 Å². The Hall–Kier alpha value is -4.22. The number of benzene rings is 2. The summed E-state index contributed by atoms with van der Waals surface area (Å²) in [6.07, 6.45) is -1.86. The second kappa shape index (κ2) is 9.33. The summed E-state index contributed by atoms with van der Waals surface area (Å²) in [5, 5.41) is 6.37. The molecule has 176 valence electrons. The molecule has 1 N–H and O–H groups in total. The van der Waals surface area contributed by atoms with E-state index in [-0.39, 0.29) is 34.1 Å². The highest BCUT2D eigenvalue weighted by Gasteiger charge is 2.22. The number of hydrogen-bond donors (Lipinski definition) is 1. The van der Waals surface area contributed by atoms with Crippen molar-refractivity contribution < 1.29 is 36.2 Å². The number of nitrogens with zero attached hydrogens (tertiary/aromatic N) is 3. The predicted molar refractivity (Wildman–Crippen MR) is 111 cm³/mol. The molecule has 0 saturated heterocycles. The summed E-state index contributed by atoms with van der Waals surface area (Å²) in [5.74, 6) is -1.55. The zero-order chi connectivity index (χ0) is 24.4. The molecular weight excluding hydrogens is 463 g/mol. The lowest BCUT2D eigenvalue weighted by molar-refractivity contribution is -0.0512. The number of aromatic nitrogens is 3. The molecule has 0 unspecified atom stereocenters. The van der Waals surface area contributed by atoms with Crippen LogP contribution < -0.4 is 14.8 Å². The molecule has 4 aromatic rings. The van der Waals surface area contributed by atoms with Gasteiger partial charge >= 0.3 is 6.61 Å². The molecule has 0 bridgehead atoms. The van der Waals surface area contributed by atoms with Gasteiger partial charge in [-0.1, -0.05) is 0 Å². The summed E-state index contributed by atoms with van der Waals surface area (Å²) in [5.41, 5.74) is -0.188. The van der Waals surface area contributed by atoms with Crippen LogP contribution in [0.3, 0.4) is 0 Å². The average Bonchev–Trinajstić information content (AvgIpc) is 3.23. The van der Waals surface area contributed by atoms with Gasteiger partial charge in [-0.05, 0) is 42.5 Å². The fourth-order valence-corrected chi connectivity index (χ4v) is 3.21. The minimum absolute atomic E-state index is 0.0605. The summed E-state index contributed by atoms with van der Waals surface area (Å²) in [6, 6.07) is 9.88. The summed E-state index contributed by atoms with van der Waals surface area (Å²) in [7, 11) is 1.23. The van der Waals surface area contributed by atoms with E-state index in [1.54, 1.807) is 0 Å². The van der Waals surface area contributed by atoms with Crippen LogP contribution in [0.15, 0.2) is 54.7 Å². The summed E-state index contributed by atoms with van der Waals surface area (Å²) in [6.45, 7) is -3.07. The number of hydrogen-bond acceptors (Lipinski definition) is 5. The van der Waals surface area contributed by atoms with E-state index in [9.17, 15) is 26.7 Å². The first-order valence-corrected chi connectivity index (χ1v) is 9.63. The Labute approximate surface area is 188 Å². The maximum Gasteiger partial charge on any atom is 0.387 e. The molecule has 2 aromatic heterocycles. The van der Waals surface area contributed by atoms with Gasteiger partial charge in [-0.3, -0.25) is 4.79 Å². The van der Waals surface area contributed by atoms with Crippen LogP contribution in [0.2, 0.25) is 0 Å². The third-order valence-corrected chi connectivity index (χ3v) is 4.75. The van der Waals surface area contributed by atoms with Gasteiger partial charge in [0, 0.05) is 17.3 Å². The van der Waals surface area contributed by atoms with E-state index >= 15 is 0 Å². The van der Waals surface area contributed by atoms with E-state index < -0.39 is 30.5 Å². The Kier molecular flexibility index (Phi) is 6.30. The third-order valence-electron chi connectivity index (χ3n) is 4.75. The quantitative estimate of drug-likeness (QED) is 0.363. The van der Waals surface area contributed by atoms with Gasteiger partial charge in [0.1, 0.15) is 17.1 Å². The van der Waals surface area contributed by atoms with E-state index in [1.165, 1.54) is 37.4 Å². The molecule has 0 aliphatic carbocycles. The molecule has 1 amide bonds. The Bertz CT molecular complexity index is 1340. The van der Waals surface area contributed by atoms with Crippen LogP contribution in [-0.2, 0) is 0 Å². The zero-order valence-corrected chi connectivity index (χ0v) is 17.3. The van der Waals surface area contributed by atoms with E-state index in [4.69, 9.17) is 4.74 Å². The highest BCUT2D eigenvalue weighted by Crippen LogP contribution is 2.32. The Morgan fingerprint density at radius 2 is 1.76 bits per heavy atom. The van der Waals surface area contributed by atoms with Gasteiger partial charge < -0.3 is 14.8 Å². The van der Waals surface area contributed by atoms with Gasteiger partial charge in [0.25, 0.3) is 12.3 Å². The van der Waals surface area contributed by atoms with Crippen molar-refractivity contribution in [2.45, 2.75) is 13.0 Å². The van der Waals surface area contributed by atoms with Crippen molar-refractivity contribution in [3.8, 4) is 22.8 Å². The number of methoxy groups -OCH3 is 1. The molecule has 0 atom stereocenters. The number of carbonyl (C=O) groups excluding carboxylic acids is 1. The topological polar surface area (TPSA) is 77.8 Å². The lowest BCUT2D eigenvalue weighted by Gasteiger charge is -2.12. The standard InChI is InChI=1S/C22H15F5N4O3/c1-33-18-8-13(6-7-17(18)34-22(26)27)29-21(32)14-10-28-31-16(19(24)25)9-15(30-20(14)31)11-2-4-12(23)5-3-11/h2-10,19,22H,1H3,(H,29,32). The van der Waals surface area contributed by atoms with Crippen molar-refractivity contribution >= 4 is 17.2 Å². The third kappa shape index (κ3) is 4.60. The first kappa shape index (κ1) is 23.0. The van der Waals surface area contributed by atoms with E-state index in [1.807, 2.05) is 0 Å². The number of fused-ring (bicyclic) bond motifs is 1. The molecule has 4 rings (SSSR count). The molecule has 2 aromatic carbocycles. The van der Waals surface area contributed by atoms with Crippen LogP contribution in [0.4, 0.5) is 27.6 Å². The second-order valence-electron chi connectivity index (χ2n) is 6.87. The molecule has 12 heteroatoms. The fraction of sp³-hybridized carbons (Fsp3) is 0.136. The van der Waals surface area contributed by atoms with Gasteiger partial charge in [0.2, 0.25) is 0 Å². The molecule has 0 aliphatic heterocycles. The summed E-state index contributed by atoms with van der Waals surface area (Å²) >= 11 is 0. The highest BCUT2D eigenvalue weighted by molar-refractivity contribution is 6.08. The van der Waals surface area contributed by atoms with Crippen molar-refractivity contribution in [2.24, 2.45) is 0 Å². The molecular formula is C22H15F5N4O3. The van der Waals surface area contributed by atoms with Crippen molar-refractivity contribution in [3.63, 3.8) is 0 Å². The zero-order valence-electron chi connectivity index (χ0n) is 17.3. The van der Waals surface area contributed by atoms with Crippen LogP contribution in [0.1, 0.15) is 22.5 Å². The molecule has 0 spiro atoms. The van der Waals surface area contributed by atoms with Crippen molar-refractivity contribution in [2.75, 3.05) is 12.4 Å². The van der Waals surface area contributed by atoms with Crippen LogP contribution in [-0.4, -0.2) is 34.2 Å². The molecule has 2 heterocycles. The molecule has 0 saturated carbocycles. The number of nitrogens with one attached hydrogen (secondary N) is 1. The normalized spacial score (nSPS) is 11.3. The maximum absolute atomic E-state index is 13.7. The smallest absolute Gasteiger partial charge is 0.387 e. The minimum Gasteiger partial charge on any atom is -0.493 e. The highest BCUT2D eigenvalue weighted by atomic mass is 19.3. The first-order valence-electron chi connectivity index (χ1n) is 9.63. The van der Waals surface area contributed by atoms with Gasteiger partial charge in [-0.25, -0.2) is 22.7 Å². The molecule has 0 radical (unpaired) electrons. The fourth-order valence-electron chi connectivity index (χ4n) is 3.21. The van der Waals surface area contributed by atoms with E-state index in [2.05, 4.69) is 20.1 Å². The predicted octanol–water partition coefficient (Wildman–Crippen LogP) is 5.34. The molecule has 0 fully saturated rings. The van der Waals surface area contributed by atoms with Crippen LogP contribution in [0.25, 0.3) is 16.9 Å². The maximum atomic E-state index is 13.7. The number of carbonyl (C=O) groups is 1. The monoisotopic (exact) mass is 478 g/mol.